The fourth-order valence-electron chi connectivity index (χ4n) is 2.05. The van der Waals surface area contributed by atoms with Gasteiger partial charge >= 0.3 is 0 Å². The number of aliphatic hydroxyl groups excluding tert-OH is 1. The third-order valence-electron chi connectivity index (χ3n) is 2.99. The van der Waals surface area contributed by atoms with Gasteiger partial charge in [-0.1, -0.05) is 33.6 Å². The molecule has 0 spiro atoms. The lowest BCUT2D eigenvalue weighted by Gasteiger charge is -2.16. The number of rotatable bonds is 4. The number of ether oxygens (including phenoxy) is 1. The zero-order valence-electron chi connectivity index (χ0n) is 10.7. The van der Waals surface area contributed by atoms with Crippen molar-refractivity contribution in [1.82, 2.24) is 0 Å². The van der Waals surface area contributed by atoms with Crippen LogP contribution in [0.3, 0.4) is 0 Å². The lowest BCUT2D eigenvalue weighted by atomic mass is 10.0. The molecule has 2 nitrogen and oxygen atoms in total. The standard InChI is InChI=1S/C15H13BrClFO2/c1-20-14-6-5-10(16)7-9(14)8-13(19)15-11(17)3-2-4-12(15)18/h2-7,13,19H,8H2,1H3. The van der Waals surface area contributed by atoms with E-state index in [2.05, 4.69) is 15.9 Å². The molecule has 0 aliphatic rings. The first-order valence-corrected chi connectivity index (χ1v) is 7.14. The summed E-state index contributed by atoms with van der Waals surface area (Å²) in [5.74, 6) is 0.124. The topological polar surface area (TPSA) is 29.5 Å². The quantitative estimate of drug-likeness (QED) is 0.869. The maximum Gasteiger partial charge on any atom is 0.130 e. The van der Waals surface area contributed by atoms with Crippen molar-refractivity contribution in [3.05, 3.63) is 62.8 Å². The van der Waals surface area contributed by atoms with Crippen molar-refractivity contribution in [2.45, 2.75) is 12.5 Å². The second-order valence-corrected chi connectivity index (χ2v) is 5.63. The van der Waals surface area contributed by atoms with Crippen LogP contribution in [0, 0.1) is 5.82 Å². The molecule has 1 N–H and O–H groups in total. The SMILES string of the molecule is COc1ccc(Br)cc1CC(O)c1c(F)cccc1Cl. The third kappa shape index (κ3) is 3.32. The molecule has 0 radical (unpaired) electrons. The predicted molar refractivity (Wildman–Crippen MR) is 80.8 cm³/mol. The molecular formula is C15H13BrClFO2. The molecule has 2 aromatic rings. The normalized spacial score (nSPS) is 12.2. The van der Waals surface area contributed by atoms with E-state index in [1.165, 1.54) is 12.1 Å². The number of aliphatic hydroxyl groups is 1. The summed E-state index contributed by atoms with van der Waals surface area (Å²) in [5, 5.41) is 10.5. The van der Waals surface area contributed by atoms with Crippen LogP contribution < -0.4 is 4.74 Å². The summed E-state index contributed by atoms with van der Waals surface area (Å²) < 4.78 is 19.9. The first kappa shape index (κ1) is 15.3. The molecule has 0 heterocycles. The summed E-state index contributed by atoms with van der Waals surface area (Å²) in [7, 11) is 1.55. The predicted octanol–water partition coefficient (Wildman–Crippen LogP) is 4.53. The minimum atomic E-state index is -1.04. The Morgan fingerprint density at radius 2 is 2.10 bits per heavy atom. The highest BCUT2D eigenvalue weighted by atomic mass is 79.9. The van der Waals surface area contributed by atoms with Crippen molar-refractivity contribution >= 4 is 27.5 Å². The zero-order chi connectivity index (χ0) is 14.7. The molecular weight excluding hydrogens is 347 g/mol. The molecule has 0 aliphatic carbocycles. The summed E-state index contributed by atoms with van der Waals surface area (Å²) in [4.78, 5) is 0. The third-order valence-corrected chi connectivity index (χ3v) is 3.81. The highest BCUT2D eigenvalue weighted by Gasteiger charge is 2.18. The maximum atomic E-state index is 13.8. The monoisotopic (exact) mass is 358 g/mol. The van der Waals surface area contributed by atoms with E-state index in [1.807, 2.05) is 12.1 Å². The summed E-state index contributed by atoms with van der Waals surface area (Å²) in [6, 6.07) is 9.80. The molecule has 106 valence electrons. The molecule has 0 aliphatic heterocycles. The molecule has 2 rings (SSSR count). The van der Waals surface area contributed by atoms with Crippen molar-refractivity contribution in [2.75, 3.05) is 7.11 Å². The Labute approximate surface area is 130 Å². The fourth-order valence-corrected chi connectivity index (χ4v) is 2.74. The van der Waals surface area contributed by atoms with Crippen LogP contribution in [-0.4, -0.2) is 12.2 Å². The summed E-state index contributed by atoms with van der Waals surface area (Å²) in [6.45, 7) is 0. The number of benzene rings is 2. The Morgan fingerprint density at radius 3 is 2.75 bits per heavy atom. The van der Waals surface area contributed by atoms with Crippen LogP contribution >= 0.6 is 27.5 Å². The van der Waals surface area contributed by atoms with Gasteiger partial charge in [0.05, 0.1) is 13.2 Å². The Bertz CT molecular complexity index is 599. The van der Waals surface area contributed by atoms with E-state index in [9.17, 15) is 9.50 Å². The lowest BCUT2D eigenvalue weighted by molar-refractivity contribution is 0.172. The van der Waals surface area contributed by atoms with Crippen LogP contribution in [0.2, 0.25) is 5.02 Å². The Kier molecular flexibility index (Phi) is 5.02. The van der Waals surface area contributed by atoms with Crippen molar-refractivity contribution in [3.63, 3.8) is 0 Å². The van der Waals surface area contributed by atoms with E-state index in [0.29, 0.717) is 5.75 Å². The summed E-state index contributed by atoms with van der Waals surface area (Å²) in [5.41, 5.74) is 0.880. The van der Waals surface area contributed by atoms with Gasteiger partial charge in [0.25, 0.3) is 0 Å². The van der Waals surface area contributed by atoms with Gasteiger partial charge in [-0.05, 0) is 35.9 Å². The average Bonchev–Trinajstić information content (AvgIpc) is 2.38. The van der Waals surface area contributed by atoms with Gasteiger partial charge in [-0.2, -0.15) is 0 Å². The van der Waals surface area contributed by atoms with Gasteiger partial charge in [0.1, 0.15) is 11.6 Å². The first-order chi connectivity index (χ1) is 9.52. The second-order valence-electron chi connectivity index (χ2n) is 4.31. The van der Waals surface area contributed by atoms with Gasteiger partial charge in [-0.3, -0.25) is 0 Å². The van der Waals surface area contributed by atoms with Gasteiger partial charge in [0.15, 0.2) is 0 Å². The fraction of sp³-hybridized carbons (Fsp3) is 0.200. The Hall–Kier alpha value is -1.10. The Morgan fingerprint density at radius 1 is 1.35 bits per heavy atom. The Balaban J connectivity index is 2.32. The van der Waals surface area contributed by atoms with E-state index in [4.69, 9.17) is 16.3 Å². The smallest absolute Gasteiger partial charge is 0.130 e. The van der Waals surface area contributed by atoms with Crippen molar-refractivity contribution in [1.29, 1.82) is 0 Å². The first-order valence-electron chi connectivity index (χ1n) is 5.97. The molecule has 0 saturated carbocycles. The molecule has 2 aromatic carbocycles. The average molecular weight is 360 g/mol. The van der Waals surface area contributed by atoms with Crippen LogP contribution in [0.25, 0.3) is 0 Å². The van der Waals surface area contributed by atoms with Gasteiger partial charge in [-0.25, -0.2) is 4.39 Å². The highest BCUT2D eigenvalue weighted by molar-refractivity contribution is 9.10. The zero-order valence-corrected chi connectivity index (χ0v) is 13.1. The van der Waals surface area contributed by atoms with Crippen molar-refractivity contribution in [2.24, 2.45) is 0 Å². The molecule has 0 fully saturated rings. The highest BCUT2D eigenvalue weighted by Crippen LogP contribution is 2.32. The lowest BCUT2D eigenvalue weighted by Crippen LogP contribution is -2.06. The van der Waals surface area contributed by atoms with Crippen LogP contribution in [0.5, 0.6) is 5.75 Å². The maximum absolute atomic E-state index is 13.8. The molecule has 1 atom stereocenters. The minimum Gasteiger partial charge on any atom is -0.496 e. The van der Waals surface area contributed by atoms with Crippen molar-refractivity contribution in [3.8, 4) is 5.75 Å². The molecule has 1 unspecified atom stereocenters. The molecule has 0 amide bonds. The van der Waals surface area contributed by atoms with E-state index in [0.717, 1.165) is 10.0 Å². The molecule has 0 saturated heterocycles. The minimum absolute atomic E-state index is 0.108. The number of halogens is 3. The van der Waals surface area contributed by atoms with Crippen molar-refractivity contribution < 1.29 is 14.2 Å². The van der Waals surface area contributed by atoms with Gasteiger partial charge in [0, 0.05) is 21.5 Å². The van der Waals surface area contributed by atoms with Crippen LogP contribution in [0.1, 0.15) is 17.2 Å². The molecule has 20 heavy (non-hydrogen) atoms. The van der Waals surface area contributed by atoms with Crippen LogP contribution in [-0.2, 0) is 6.42 Å². The number of methoxy groups -OCH3 is 1. The second kappa shape index (κ2) is 6.57. The van der Waals surface area contributed by atoms with E-state index < -0.39 is 11.9 Å². The summed E-state index contributed by atoms with van der Waals surface area (Å²) in [6.07, 6.45) is -0.824. The van der Waals surface area contributed by atoms with E-state index in [1.54, 1.807) is 19.2 Å². The number of hydrogen-bond donors (Lipinski definition) is 1. The van der Waals surface area contributed by atoms with E-state index >= 15 is 0 Å². The van der Waals surface area contributed by atoms with Crippen LogP contribution in [0.4, 0.5) is 4.39 Å². The molecule has 0 bridgehead atoms. The largest absolute Gasteiger partial charge is 0.496 e. The molecule has 5 heteroatoms. The number of hydrogen-bond acceptors (Lipinski definition) is 2. The van der Waals surface area contributed by atoms with Crippen LogP contribution in [0.15, 0.2) is 40.9 Å². The van der Waals surface area contributed by atoms with Gasteiger partial charge < -0.3 is 9.84 Å². The molecule has 0 aromatic heterocycles. The van der Waals surface area contributed by atoms with E-state index in [-0.39, 0.29) is 17.0 Å². The van der Waals surface area contributed by atoms with Gasteiger partial charge in [-0.15, -0.1) is 0 Å². The summed E-state index contributed by atoms with van der Waals surface area (Å²) >= 11 is 9.32. The van der Waals surface area contributed by atoms with Gasteiger partial charge in [0.2, 0.25) is 0 Å².